The molecule has 2 aromatic heterocycles. The Labute approximate surface area is 375 Å². The Balaban J connectivity index is 0.653. The van der Waals surface area contributed by atoms with E-state index in [9.17, 15) is 24.0 Å². The highest BCUT2D eigenvalue weighted by molar-refractivity contribution is 6.36. The van der Waals surface area contributed by atoms with Crippen molar-refractivity contribution in [1.29, 1.82) is 0 Å². The molecule has 0 bridgehead atoms. The summed E-state index contributed by atoms with van der Waals surface area (Å²) < 4.78 is 5.91. The van der Waals surface area contributed by atoms with Gasteiger partial charge in [-0.2, -0.15) is 0 Å². The van der Waals surface area contributed by atoms with Crippen LogP contribution in [0.2, 0.25) is 5.02 Å². The van der Waals surface area contributed by atoms with Crippen LogP contribution >= 0.6 is 11.6 Å². The molecule has 4 aliphatic heterocycles. The molecular weight excluding hydrogens is 834 g/mol. The molecule has 6 heterocycles. The van der Waals surface area contributed by atoms with Gasteiger partial charge in [0.1, 0.15) is 35.3 Å². The van der Waals surface area contributed by atoms with Crippen molar-refractivity contribution in [2.24, 2.45) is 11.8 Å². The van der Waals surface area contributed by atoms with E-state index in [0.29, 0.717) is 73.5 Å². The number of hydrogen-bond acceptors (Lipinski definition) is 12. The van der Waals surface area contributed by atoms with E-state index in [1.54, 1.807) is 36.5 Å². The number of nitrogens with one attached hydrogen (secondary N) is 4. The monoisotopic (exact) mass is 883 g/mol. The summed E-state index contributed by atoms with van der Waals surface area (Å²) in [6.45, 7) is 6.07. The van der Waals surface area contributed by atoms with Crippen LogP contribution in [-0.4, -0.2) is 112 Å². The molecule has 0 radical (unpaired) electrons. The number of ketones is 1. The number of piperidine rings is 2. The Morgan fingerprint density at radius 3 is 2.33 bits per heavy atom. The maximum atomic E-state index is 13.9. The second kappa shape index (κ2) is 17.8. The van der Waals surface area contributed by atoms with Gasteiger partial charge < -0.3 is 30.2 Å². The second-order valence-electron chi connectivity index (χ2n) is 17.8. The van der Waals surface area contributed by atoms with Gasteiger partial charge in [-0.25, -0.2) is 9.97 Å². The number of H-pyrrole nitrogens is 1. The van der Waals surface area contributed by atoms with Crippen LogP contribution in [-0.2, 0) is 9.59 Å². The topological polar surface area (TPSA) is 182 Å². The summed E-state index contributed by atoms with van der Waals surface area (Å²) in [5.41, 5.74) is 2.97. The molecule has 10 rings (SSSR count). The summed E-state index contributed by atoms with van der Waals surface area (Å²) in [7, 11) is 0. The number of aromatic nitrogens is 3. The van der Waals surface area contributed by atoms with Gasteiger partial charge in [-0.1, -0.05) is 29.8 Å². The van der Waals surface area contributed by atoms with Crippen LogP contribution in [0.5, 0.6) is 11.5 Å². The lowest BCUT2D eigenvalue weighted by Gasteiger charge is -2.44. The van der Waals surface area contributed by atoms with Crippen LogP contribution in [0.3, 0.4) is 0 Å². The first-order chi connectivity index (χ1) is 31.1. The SMILES string of the molecule is O=C1CCC(N2C(=O)c3ccc(N4CCC(CN5CC(CNC6CCC(Nc7ncnc8[nH]cc(C(=O)c9ccc(Oc%10ccccc%10)cc9Cl)c78)CC6)C5)CC4)cc3C2=O)C(=O)N1. The Morgan fingerprint density at radius 2 is 1.56 bits per heavy atom. The van der Waals surface area contributed by atoms with Gasteiger partial charge in [0.15, 0.2) is 5.78 Å². The molecule has 3 aromatic carbocycles. The van der Waals surface area contributed by atoms with Gasteiger partial charge >= 0.3 is 0 Å². The van der Waals surface area contributed by atoms with Gasteiger partial charge in [0.05, 0.1) is 27.1 Å². The Morgan fingerprint density at radius 1 is 0.797 bits per heavy atom. The molecular formula is C48H50ClN9O6. The third kappa shape index (κ3) is 8.47. The van der Waals surface area contributed by atoms with E-state index in [2.05, 4.69) is 40.7 Å². The summed E-state index contributed by atoms with van der Waals surface area (Å²) in [5.74, 6) is 0.961. The standard InChI is InChI=1S/C48H50ClN9O6/c49-39-21-34(64-33-4-2-1-3-5-33)11-13-36(39)43(60)38-23-51-44-42(38)45(53-27-52-44)54-31-8-6-30(7-9-31)50-22-29-25-56(26-29)24-28-16-18-57(19-17-28)32-10-12-35-37(20-32)48(63)58(47(35)62)40-14-15-41(59)55-46(40)61/h1-5,10-13,20-21,23,27-31,40,50H,6-9,14-19,22,24-26H2,(H,55,59,61)(H2,51,52,53,54). The lowest BCUT2D eigenvalue weighted by Crippen LogP contribution is -2.54. The maximum absolute atomic E-state index is 13.9. The second-order valence-corrected chi connectivity index (χ2v) is 18.2. The van der Waals surface area contributed by atoms with E-state index in [-0.39, 0.29) is 30.6 Å². The fraction of sp³-hybridized carbons (Fsp3) is 0.396. The van der Waals surface area contributed by atoms with Crippen molar-refractivity contribution >= 4 is 63.6 Å². The fourth-order valence-electron chi connectivity index (χ4n) is 10.1. The van der Waals surface area contributed by atoms with Crippen molar-refractivity contribution in [3.63, 3.8) is 0 Å². The number of imide groups is 2. The van der Waals surface area contributed by atoms with Crippen molar-refractivity contribution < 1.29 is 28.7 Å². The van der Waals surface area contributed by atoms with Gasteiger partial charge in [-0.05, 0) is 99.2 Å². The van der Waals surface area contributed by atoms with E-state index >= 15 is 0 Å². The minimum atomic E-state index is -0.964. The van der Waals surface area contributed by atoms with Crippen LogP contribution in [0.15, 0.2) is 79.3 Å². The molecule has 1 unspecified atom stereocenters. The number of anilines is 2. The van der Waals surface area contributed by atoms with Crippen LogP contribution in [0.4, 0.5) is 11.5 Å². The zero-order chi connectivity index (χ0) is 43.9. The van der Waals surface area contributed by atoms with E-state index in [0.717, 1.165) is 88.4 Å². The molecule has 5 aliphatic rings. The summed E-state index contributed by atoms with van der Waals surface area (Å²) in [6, 6.07) is 19.6. The third-order valence-corrected chi connectivity index (χ3v) is 13.9. The molecule has 5 aromatic rings. The van der Waals surface area contributed by atoms with Crippen molar-refractivity contribution in [1.82, 2.24) is 35.4 Å². The Kier molecular flexibility index (Phi) is 11.6. The molecule has 4 amide bonds. The summed E-state index contributed by atoms with van der Waals surface area (Å²) >= 11 is 6.64. The highest BCUT2D eigenvalue weighted by atomic mass is 35.5. The predicted molar refractivity (Wildman–Crippen MR) is 241 cm³/mol. The molecule has 16 heteroatoms. The number of benzene rings is 3. The lowest BCUT2D eigenvalue weighted by atomic mass is 9.89. The summed E-state index contributed by atoms with van der Waals surface area (Å²) in [6.07, 6.45) is 9.63. The number of fused-ring (bicyclic) bond motifs is 2. The number of hydrogen-bond donors (Lipinski definition) is 4. The molecule has 4 fully saturated rings. The normalized spacial score (nSPS) is 22.1. The number of likely N-dealkylation sites (tertiary alicyclic amines) is 1. The molecule has 1 aliphatic carbocycles. The van der Waals surface area contributed by atoms with E-state index < -0.39 is 23.8 Å². The molecule has 4 N–H and O–H groups in total. The Hall–Kier alpha value is -6.16. The van der Waals surface area contributed by atoms with Gasteiger partial charge in [0.2, 0.25) is 11.8 Å². The molecule has 3 saturated heterocycles. The number of halogens is 1. The van der Waals surface area contributed by atoms with Gasteiger partial charge in [0, 0.05) is 81.3 Å². The van der Waals surface area contributed by atoms with Crippen molar-refractivity contribution in [3.8, 4) is 11.5 Å². The van der Waals surface area contributed by atoms with Gasteiger partial charge in [0.25, 0.3) is 11.8 Å². The van der Waals surface area contributed by atoms with Gasteiger partial charge in [-0.3, -0.25) is 34.2 Å². The number of para-hydroxylation sites is 1. The minimum Gasteiger partial charge on any atom is -0.457 e. The van der Waals surface area contributed by atoms with Crippen molar-refractivity contribution in [2.75, 3.05) is 49.5 Å². The Bertz CT molecular complexity index is 2620. The van der Waals surface area contributed by atoms with Crippen molar-refractivity contribution in [3.05, 3.63) is 107 Å². The first-order valence-electron chi connectivity index (χ1n) is 22.4. The smallest absolute Gasteiger partial charge is 0.262 e. The average Bonchev–Trinajstić information content (AvgIpc) is 3.84. The number of ether oxygens (including phenoxy) is 1. The largest absolute Gasteiger partial charge is 0.457 e. The zero-order valence-corrected chi connectivity index (χ0v) is 36.1. The molecule has 64 heavy (non-hydrogen) atoms. The number of amides is 4. The summed E-state index contributed by atoms with van der Waals surface area (Å²) in [4.78, 5) is 82.4. The van der Waals surface area contributed by atoms with Crippen molar-refractivity contribution in [2.45, 2.75) is 69.5 Å². The first-order valence-corrected chi connectivity index (χ1v) is 22.7. The highest BCUT2D eigenvalue weighted by Gasteiger charge is 2.45. The third-order valence-electron chi connectivity index (χ3n) is 13.6. The van der Waals surface area contributed by atoms with E-state index in [4.69, 9.17) is 16.3 Å². The lowest BCUT2D eigenvalue weighted by molar-refractivity contribution is -0.136. The number of nitrogens with zero attached hydrogens (tertiary/aromatic N) is 5. The van der Waals surface area contributed by atoms with Crippen LogP contribution in [0.25, 0.3) is 11.0 Å². The molecule has 15 nitrogen and oxygen atoms in total. The van der Waals surface area contributed by atoms with Crippen LogP contribution < -0.4 is 25.6 Å². The van der Waals surface area contributed by atoms with Crippen LogP contribution in [0, 0.1) is 11.8 Å². The predicted octanol–water partition coefficient (Wildman–Crippen LogP) is 6.20. The zero-order valence-electron chi connectivity index (χ0n) is 35.4. The number of aromatic amines is 1. The number of rotatable bonds is 13. The minimum absolute atomic E-state index is 0.0980. The summed E-state index contributed by atoms with van der Waals surface area (Å²) in [5, 5.41) is 10.7. The quantitative estimate of drug-likeness (QED) is 0.0778. The fourth-order valence-corrected chi connectivity index (χ4v) is 10.3. The molecule has 1 atom stereocenters. The molecule has 330 valence electrons. The molecule has 0 spiro atoms. The first kappa shape index (κ1) is 41.8. The van der Waals surface area contributed by atoms with Crippen LogP contribution in [0.1, 0.15) is 88.0 Å². The average molecular weight is 884 g/mol. The molecule has 1 saturated carbocycles. The highest BCUT2D eigenvalue weighted by Crippen LogP contribution is 2.35. The van der Waals surface area contributed by atoms with E-state index in [1.165, 1.54) is 6.33 Å². The number of carbonyl (C=O) groups excluding carboxylic acids is 5. The number of carbonyl (C=O) groups is 5. The van der Waals surface area contributed by atoms with E-state index in [1.807, 2.05) is 36.4 Å². The van der Waals surface area contributed by atoms with Gasteiger partial charge in [-0.15, -0.1) is 0 Å². The maximum Gasteiger partial charge on any atom is 0.262 e.